The van der Waals surface area contributed by atoms with Gasteiger partial charge in [-0.1, -0.05) is 0 Å². The van der Waals surface area contributed by atoms with Crippen LogP contribution < -0.4 is 16.9 Å². The van der Waals surface area contributed by atoms with E-state index in [9.17, 15) is 10.1 Å². The minimum atomic E-state index is -0.452. The monoisotopic (exact) mass is 217 g/mol. The van der Waals surface area contributed by atoms with Gasteiger partial charge in [0.25, 0.3) is 5.69 Å². The average molecular weight is 218 g/mol. The van der Waals surface area contributed by atoms with Crippen LogP contribution in [0, 0.1) is 10.1 Å². The first-order valence-corrected chi connectivity index (χ1v) is 3.84. The van der Waals surface area contributed by atoms with Crippen LogP contribution in [0.4, 0.5) is 11.5 Å². The molecule has 0 N–H and O–H groups in total. The third kappa shape index (κ3) is 2.93. The van der Waals surface area contributed by atoms with Crippen molar-refractivity contribution in [3.63, 3.8) is 0 Å². The van der Waals surface area contributed by atoms with Crippen molar-refractivity contribution < 1.29 is 17.3 Å². The second-order valence-corrected chi connectivity index (χ2v) is 3.64. The first-order chi connectivity index (χ1) is 5.91. The minimum Gasteiger partial charge on any atom is -1.00 e. The summed E-state index contributed by atoms with van der Waals surface area (Å²) in [5.74, 6) is 0.797. The smallest absolute Gasteiger partial charge is 0.288 e. The standard InChI is InChI=1S/C8H12N3O2.ClH/c1-11(2,3)8-5-4-7(6-9-8)10(12)13;/h4-6H,1-3H3;1H/q+1;/p-1. The molecule has 0 spiro atoms. The first-order valence-electron chi connectivity index (χ1n) is 3.84. The van der Waals surface area contributed by atoms with Gasteiger partial charge in [-0.05, 0) is 0 Å². The summed E-state index contributed by atoms with van der Waals surface area (Å²) >= 11 is 0. The molecule has 14 heavy (non-hydrogen) atoms. The van der Waals surface area contributed by atoms with Crippen molar-refractivity contribution in [2.75, 3.05) is 21.1 Å². The summed E-state index contributed by atoms with van der Waals surface area (Å²) in [7, 11) is 5.86. The van der Waals surface area contributed by atoms with Gasteiger partial charge in [0.1, 0.15) is 6.20 Å². The van der Waals surface area contributed by atoms with Crippen LogP contribution in [-0.2, 0) is 0 Å². The van der Waals surface area contributed by atoms with Crippen molar-refractivity contribution in [2.24, 2.45) is 0 Å². The van der Waals surface area contributed by atoms with Gasteiger partial charge < -0.3 is 12.4 Å². The third-order valence-electron chi connectivity index (χ3n) is 1.63. The number of halogens is 1. The zero-order valence-corrected chi connectivity index (χ0v) is 9.02. The van der Waals surface area contributed by atoms with Crippen LogP contribution in [0.25, 0.3) is 0 Å². The van der Waals surface area contributed by atoms with Crippen molar-refractivity contribution in [1.82, 2.24) is 9.47 Å². The second-order valence-electron chi connectivity index (χ2n) is 3.64. The Labute approximate surface area is 88.5 Å². The SMILES string of the molecule is C[N+](C)(C)c1ccc([N+](=O)[O-])cn1.[Cl-]. The Bertz CT molecular complexity index is 318. The maximum atomic E-state index is 10.3. The van der Waals surface area contributed by atoms with E-state index in [1.807, 2.05) is 21.1 Å². The van der Waals surface area contributed by atoms with Gasteiger partial charge in [0, 0.05) is 12.1 Å². The molecule has 1 rings (SSSR count). The maximum Gasteiger partial charge on any atom is 0.288 e. The molecule has 0 aliphatic rings. The molecule has 78 valence electrons. The number of rotatable bonds is 2. The van der Waals surface area contributed by atoms with E-state index in [4.69, 9.17) is 0 Å². The Hall–Kier alpha value is -1.20. The van der Waals surface area contributed by atoms with Crippen molar-refractivity contribution in [1.29, 1.82) is 0 Å². The molecular weight excluding hydrogens is 206 g/mol. The molecule has 1 aromatic heterocycles. The molecule has 0 aliphatic carbocycles. The number of aromatic nitrogens is 1. The number of nitrogens with zero attached hydrogens (tertiary/aromatic N) is 3. The molecule has 0 bridgehead atoms. The summed E-state index contributed by atoms with van der Waals surface area (Å²) in [6.45, 7) is 0. The summed E-state index contributed by atoms with van der Waals surface area (Å²) in [5.41, 5.74) is 0.0252. The summed E-state index contributed by atoms with van der Waals surface area (Å²) in [6, 6.07) is 3.13. The van der Waals surface area contributed by atoms with E-state index in [-0.39, 0.29) is 18.1 Å². The summed E-state index contributed by atoms with van der Waals surface area (Å²) in [6.07, 6.45) is 1.28. The first kappa shape index (κ1) is 12.8. The number of nitro groups is 1. The summed E-state index contributed by atoms with van der Waals surface area (Å²) in [5, 5.41) is 10.3. The lowest BCUT2D eigenvalue weighted by Gasteiger charge is -2.21. The highest BCUT2D eigenvalue weighted by molar-refractivity contribution is 5.38. The summed E-state index contributed by atoms with van der Waals surface area (Å²) < 4.78 is 0.554. The van der Waals surface area contributed by atoms with Gasteiger partial charge in [0.2, 0.25) is 5.82 Å². The van der Waals surface area contributed by atoms with Gasteiger partial charge in [0.05, 0.1) is 26.1 Å². The second kappa shape index (κ2) is 4.34. The Kier molecular flexibility index (Phi) is 3.97. The quantitative estimate of drug-likeness (QED) is 0.333. The van der Waals surface area contributed by atoms with Crippen molar-refractivity contribution >= 4 is 11.5 Å². The minimum absolute atomic E-state index is 0. The fourth-order valence-electron chi connectivity index (χ4n) is 0.883. The fraction of sp³-hybridized carbons (Fsp3) is 0.375. The molecular formula is C8H12ClN3O2. The van der Waals surface area contributed by atoms with Gasteiger partial charge in [-0.15, -0.1) is 0 Å². The average Bonchev–Trinajstić information content (AvgIpc) is 2.03. The molecule has 0 saturated heterocycles. The van der Waals surface area contributed by atoms with Gasteiger partial charge in [0.15, 0.2) is 0 Å². The van der Waals surface area contributed by atoms with E-state index in [2.05, 4.69) is 4.98 Å². The number of hydrogen-bond acceptors (Lipinski definition) is 3. The van der Waals surface area contributed by atoms with Crippen molar-refractivity contribution in [3.8, 4) is 0 Å². The topological polar surface area (TPSA) is 56.0 Å². The van der Waals surface area contributed by atoms with E-state index in [0.717, 1.165) is 5.82 Å². The predicted octanol–water partition coefficient (Wildman–Crippen LogP) is -1.81. The molecule has 0 radical (unpaired) electrons. The van der Waals surface area contributed by atoms with Crippen LogP contribution in [0.3, 0.4) is 0 Å². The van der Waals surface area contributed by atoms with Crippen LogP contribution in [0.2, 0.25) is 0 Å². The maximum absolute atomic E-state index is 10.3. The molecule has 0 amide bonds. The largest absolute Gasteiger partial charge is 1.00 e. The van der Waals surface area contributed by atoms with E-state index >= 15 is 0 Å². The lowest BCUT2D eigenvalue weighted by atomic mass is 10.4. The van der Waals surface area contributed by atoms with Gasteiger partial charge in [-0.2, -0.15) is 4.98 Å². The van der Waals surface area contributed by atoms with Crippen LogP contribution >= 0.6 is 0 Å². The number of pyridine rings is 1. The molecule has 0 atom stereocenters. The molecule has 0 aromatic carbocycles. The van der Waals surface area contributed by atoms with Crippen LogP contribution in [0.1, 0.15) is 0 Å². The van der Waals surface area contributed by atoms with Gasteiger partial charge in [-0.25, -0.2) is 0 Å². The molecule has 0 saturated carbocycles. The highest BCUT2D eigenvalue weighted by Crippen LogP contribution is 2.16. The lowest BCUT2D eigenvalue weighted by molar-refractivity contribution is -0.385. The predicted molar refractivity (Wildman–Crippen MR) is 50.5 cm³/mol. The Balaban J connectivity index is 0.00000169. The normalized spacial score (nSPS) is 10.5. The van der Waals surface area contributed by atoms with E-state index in [0.29, 0.717) is 4.48 Å². The summed E-state index contributed by atoms with van der Waals surface area (Å²) in [4.78, 5) is 13.9. The molecule has 1 heterocycles. The van der Waals surface area contributed by atoms with Gasteiger partial charge >= 0.3 is 0 Å². The molecule has 0 fully saturated rings. The third-order valence-corrected chi connectivity index (χ3v) is 1.63. The lowest BCUT2D eigenvalue weighted by Crippen LogP contribution is -3.00. The van der Waals surface area contributed by atoms with Crippen LogP contribution in [0.5, 0.6) is 0 Å². The Morgan fingerprint density at radius 3 is 2.21 bits per heavy atom. The van der Waals surface area contributed by atoms with Gasteiger partial charge in [-0.3, -0.25) is 14.6 Å². The van der Waals surface area contributed by atoms with Crippen molar-refractivity contribution in [3.05, 3.63) is 28.4 Å². The Morgan fingerprint density at radius 2 is 1.93 bits per heavy atom. The molecule has 1 aromatic rings. The number of hydrogen-bond donors (Lipinski definition) is 0. The van der Waals surface area contributed by atoms with E-state index < -0.39 is 4.92 Å². The molecule has 6 heteroatoms. The highest BCUT2D eigenvalue weighted by Gasteiger charge is 2.15. The van der Waals surface area contributed by atoms with E-state index in [1.54, 1.807) is 6.07 Å². The molecule has 0 unspecified atom stereocenters. The molecule has 0 aliphatic heterocycles. The molecule has 5 nitrogen and oxygen atoms in total. The van der Waals surface area contributed by atoms with Crippen LogP contribution in [0.15, 0.2) is 18.3 Å². The van der Waals surface area contributed by atoms with Crippen LogP contribution in [-0.4, -0.2) is 31.1 Å². The fourth-order valence-corrected chi connectivity index (χ4v) is 0.883. The number of quaternary nitrogens is 1. The zero-order chi connectivity index (χ0) is 10.1. The Morgan fingerprint density at radius 1 is 1.36 bits per heavy atom. The zero-order valence-electron chi connectivity index (χ0n) is 8.27. The highest BCUT2D eigenvalue weighted by atomic mass is 35.5. The van der Waals surface area contributed by atoms with Crippen molar-refractivity contribution in [2.45, 2.75) is 0 Å². The van der Waals surface area contributed by atoms with E-state index in [1.165, 1.54) is 12.3 Å².